The van der Waals surface area contributed by atoms with Gasteiger partial charge in [0.05, 0.1) is 32.3 Å². The molecule has 0 bridgehead atoms. The van der Waals surface area contributed by atoms with E-state index in [1.165, 1.54) is 10.9 Å². The molecule has 0 radical (unpaired) electrons. The Kier molecular flexibility index (Phi) is 17.2. The summed E-state index contributed by atoms with van der Waals surface area (Å²) in [5, 5.41) is 4.77. The van der Waals surface area contributed by atoms with Gasteiger partial charge in [0, 0.05) is 26.1 Å². The van der Waals surface area contributed by atoms with Crippen LogP contribution in [0.3, 0.4) is 0 Å². The Morgan fingerprint density at radius 1 is 1.11 bits per heavy atom. The summed E-state index contributed by atoms with van der Waals surface area (Å²) in [5.74, 6) is -2.20. The number of ether oxygens (including phenoxy) is 2. The van der Waals surface area contributed by atoms with Crippen molar-refractivity contribution < 1.29 is 78.8 Å². The highest BCUT2D eigenvalue weighted by Gasteiger charge is 2.40. The van der Waals surface area contributed by atoms with Crippen LogP contribution in [0, 0.1) is 0 Å². The van der Waals surface area contributed by atoms with E-state index in [2.05, 4.69) is 20.3 Å². The van der Waals surface area contributed by atoms with Gasteiger partial charge in [0.15, 0.2) is 11.2 Å². The number of aromatic amines is 1. The standard InChI is InChI=1S/C24H34F3N7O15P4/c25-24(26,27)22(36)30-6-8-42-7-5-29-10-14-1-3-15(4-2-14)11-44-51(39)48-53(41)49-52(40)47-43-12-17-16(46-50(37)38)9-18(45-17)34-13-31-19-20(34)32-23(28)33-21(19)35/h1-4,13,16-18,29,39-41,50H,5-12H2,(H,30,36)(H,37,38)(H3,28,32,33,35)/t16-,17+,18+,51?,52?,53?/m0/s1. The first-order chi connectivity index (χ1) is 25.2. The van der Waals surface area contributed by atoms with Crippen LogP contribution in [0.5, 0.6) is 0 Å². The largest absolute Gasteiger partial charge is 0.471 e. The maximum absolute atomic E-state index is 12.1. The third kappa shape index (κ3) is 14.3. The minimum atomic E-state index is -4.94. The van der Waals surface area contributed by atoms with Crippen LogP contribution in [0.15, 0.2) is 35.4 Å². The van der Waals surface area contributed by atoms with Gasteiger partial charge in [-0.2, -0.15) is 22.8 Å². The minimum Gasteiger partial charge on any atom is -0.378 e. The molecule has 2 aromatic heterocycles. The summed E-state index contributed by atoms with van der Waals surface area (Å²) >= 11 is 0. The van der Waals surface area contributed by atoms with E-state index < -0.39 is 76.7 Å². The number of hydrogen-bond acceptors (Lipinski definition) is 18. The third-order valence-corrected chi connectivity index (χ3v) is 10.1. The molecule has 3 aromatic rings. The van der Waals surface area contributed by atoms with Crippen LogP contribution >= 0.6 is 34.1 Å². The number of alkyl halides is 3. The lowest BCUT2D eigenvalue weighted by Crippen LogP contribution is -2.38. The summed E-state index contributed by atoms with van der Waals surface area (Å²) < 4.78 is 84.6. The average molecular weight is 841 g/mol. The Morgan fingerprint density at radius 3 is 2.53 bits per heavy atom. The molecular weight excluding hydrogens is 807 g/mol. The number of carbonyl (C=O) groups is 1. The lowest BCUT2D eigenvalue weighted by atomic mass is 10.1. The van der Waals surface area contributed by atoms with E-state index in [0.717, 1.165) is 5.56 Å². The maximum Gasteiger partial charge on any atom is 0.471 e. The molecule has 1 aromatic carbocycles. The van der Waals surface area contributed by atoms with Crippen molar-refractivity contribution >= 4 is 57.1 Å². The molecule has 1 fully saturated rings. The van der Waals surface area contributed by atoms with Crippen molar-refractivity contribution in [2.45, 2.75) is 44.2 Å². The van der Waals surface area contributed by atoms with E-state index in [4.69, 9.17) is 42.4 Å². The second kappa shape index (κ2) is 21.1. The molecule has 3 heterocycles. The molecule has 296 valence electrons. The van der Waals surface area contributed by atoms with Crippen LogP contribution in [0.2, 0.25) is 0 Å². The lowest BCUT2D eigenvalue weighted by Gasteiger charge is -2.18. The number of nitrogen functional groups attached to an aromatic ring is 1. The number of rotatable bonds is 22. The first kappa shape index (κ1) is 43.4. The normalized spacial score (nSPS) is 20.0. The van der Waals surface area contributed by atoms with Crippen molar-refractivity contribution in [2.24, 2.45) is 0 Å². The number of halogens is 3. The number of anilines is 1. The van der Waals surface area contributed by atoms with Gasteiger partial charge in [0.1, 0.15) is 18.9 Å². The quantitative estimate of drug-likeness (QED) is 0.0307. The number of carbonyl (C=O) groups excluding carboxylic acids is 1. The predicted molar refractivity (Wildman–Crippen MR) is 177 cm³/mol. The van der Waals surface area contributed by atoms with Gasteiger partial charge >= 0.3 is 46.1 Å². The highest BCUT2D eigenvalue weighted by molar-refractivity contribution is 7.60. The van der Waals surface area contributed by atoms with Crippen molar-refractivity contribution in [1.82, 2.24) is 30.2 Å². The molecule has 1 aliphatic rings. The molecule has 1 aliphatic heterocycles. The molecule has 1 saturated heterocycles. The number of nitrogens with zero attached hydrogens (tertiary/aromatic N) is 3. The van der Waals surface area contributed by atoms with Crippen LogP contribution in [0.25, 0.3) is 11.2 Å². The predicted octanol–water partition coefficient (Wildman–Crippen LogP) is 1.40. The number of hydrogen-bond donors (Lipinski definition) is 8. The molecular formula is C24H34F3N7O15P4. The number of nitrogens with two attached hydrogens (primary N) is 1. The van der Waals surface area contributed by atoms with E-state index in [0.29, 0.717) is 18.7 Å². The first-order valence-corrected chi connectivity index (χ1v) is 19.6. The average Bonchev–Trinajstić information content (AvgIpc) is 3.68. The lowest BCUT2D eigenvalue weighted by molar-refractivity contribution is -0.237. The number of nitrogens with one attached hydrogen (secondary N) is 3. The number of H-pyrrole nitrogens is 1. The summed E-state index contributed by atoms with van der Waals surface area (Å²) in [7, 11) is -11.9. The monoisotopic (exact) mass is 841 g/mol. The summed E-state index contributed by atoms with van der Waals surface area (Å²) in [5.41, 5.74) is 6.61. The number of imidazole rings is 1. The van der Waals surface area contributed by atoms with Crippen LogP contribution in [0.4, 0.5) is 19.1 Å². The fourth-order valence-electron chi connectivity index (χ4n) is 4.44. The van der Waals surface area contributed by atoms with Crippen LogP contribution < -0.4 is 21.9 Å². The summed E-state index contributed by atoms with van der Waals surface area (Å²) in [6.45, 7) is 0.108. The van der Waals surface area contributed by atoms with Crippen LogP contribution in [0.1, 0.15) is 23.8 Å². The van der Waals surface area contributed by atoms with Crippen LogP contribution in [-0.4, -0.2) is 96.3 Å². The molecule has 53 heavy (non-hydrogen) atoms. The van der Waals surface area contributed by atoms with Gasteiger partial charge in [0.25, 0.3) is 5.56 Å². The number of benzene rings is 1. The van der Waals surface area contributed by atoms with Gasteiger partial charge in [0.2, 0.25) is 5.95 Å². The SMILES string of the molecule is Nc1nc2c(ncn2[C@H]2C[C@H](O[PH](=O)O)[C@@H](COOP(O)OP(O)OP(O)OCc3ccc(CNCCOCCNC(=O)C(F)(F)F)cc3)O2)c(=O)[nH]1. The second-order valence-corrected chi connectivity index (χ2v) is 14.3. The third-order valence-electron chi connectivity index (χ3n) is 6.73. The number of amides is 1. The maximum atomic E-state index is 12.1. The van der Waals surface area contributed by atoms with E-state index in [-0.39, 0.29) is 49.9 Å². The second-order valence-electron chi connectivity index (χ2n) is 10.4. The molecule has 0 spiro atoms. The Hall–Kier alpha value is -2.37. The smallest absolute Gasteiger partial charge is 0.378 e. The Balaban J connectivity index is 1.09. The molecule has 4 unspecified atom stereocenters. The number of fused-ring (bicyclic) bond motifs is 1. The molecule has 22 nitrogen and oxygen atoms in total. The Bertz CT molecular complexity index is 1700. The van der Waals surface area contributed by atoms with Crippen molar-refractivity contribution in [3.05, 3.63) is 52.1 Å². The summed E-state index contributed by atoms with van der Waals surface area (Å²) in [6.07, 6.45) is -6.60. The van der Waals surface area contributed by atoms with Crippen molar-refractivity contribution in [2.75, 3.05) is 38.6 Å². The van der Waals surface area contributed by atoms with Gasteiger partial charge in [-0.15, -0.1) is 0 Å². The van der Waals surface area contributed by atoms with E-state index in [1.54, 1.807) is 29.6 Å². The van der Waals surface area contributed by atoms with E-state index in [9.17, 15) is 46.9 Å². The molecule has 7 atom stereocenters. The fraction of sp³-hybridized carbons (Fsp3) is 0.500. The van der Waals surface area contributed by atoms with Gasteiger partial charge < -0.3 is 54.5 Å². The highest BCUT2D eigenvalue weighted by atomic mass is 31.3. The zero-order chi connectivity index (χ0) is 38.5. The molecule has 29 heteroatoms. The van der Waals surface area contributed by atoms with Gasteiger partial charge in [-0.3, -0.25) is 23.7 Å². The molecule has 0 saturated carbocycles. The molecule has 0 aliphatic carbocycles. The van der Waals surface area contributed by atoms with Crippen LogP contribution in [-0.2, 0) is 59.2 Å². The Morgan fingerprint density at radius 2 is 1.81 bits per heavy atom. The first-order valence-electron chi connectivity index (χ1n) is 14.9. The zero-order valence-electron chi connectivity index (χ0n) is 26.9. The van der Waals surface area contributed by atoms with Gasteiger partial charge in [-0.25, -0.2) is 18.5 Å². The number of aromatic nitrogens is 4. The summed E-state index contributed by atoms with van der Waals surface area (Å²) in [6, 6.07) is 6.94. The summed E-state index contributed by atoms with van der Waals surface area (Å²) in [4.78, 5) is 77.3. The van der Waals surface area contributed by atoms with Crippen molar-refractivity contribution in [3.63, 3.8) is 0 Å². The topological polar surface area (TPSA) is 303 Å². The van der Waals surface area contributed by atoms with Crippen molar-refractivity contribution in [1.29, 1.82) is 0 Å². The van der Waals surface area contributed by atoms with E-state index >= 15 is 0 Å². The van der Waals surface area contributed by atoms with Gasteiger partial charge in [-0.1, -0.05) is 24.3 Å². The molecule has 4 rings (SSSR count). The molecule has 1 amide bonds. The Labute approximate surface area is 300 Å². The van der Waals surface area contributed by atoms with Gasteiger partial charge in [-0.05, 0) is 11.1 Å². The molecule has 9 N–H and O–H groups in total. The highest BCUT2D eigenvalue weighted by Crippen LogP contribution is 2.57. The van der Waals surface area contributed by atoms with E-state index in [1.807, 2.05) is 0 Å². The fourth-order valence-corrected chi connectivity index (χ4v) is 7.00. The zero-order valence-corrected chi connectivity index (χ0v) is 30.6. The van der Waals surface area contributed by atoms with Crippen molar-refractivity contribution in [3.8, 4) is 0 Å². The minimum absolute atomic E-state index is 0.00392.